The van der Waals surface area contributed by atoms with Crippen molar-refractivity contribution in [1.82, 2.24) is 14.9 Å². The summed E-state index contributed by atoms with van der Waals surface area (Å²) in [6.45, 7) is 5.28. The van der Waals surface area contributed by atoms with Crippen LogP contribution >= 0.6 is 0 Å². The fourth-order valence-electron chi connectivity index (χ4n) is 3.05. The molecule has 3 N–H and O–H groups in total. The number of aromatic nitrogens is 2. The SMILES string of the molecule is CCc1ccc(NC(N)=NCCC(=O)N2CCN(c3ncccn3)CC2)cc1. The monoisotopic (exact) mass is 381 g/mol. The van der Waals surface area contributed by atoms with Gasteiger partial charge >= 0.3 is 0 Å². The van der Waals surface area contributed by atoms with Gasteiger partial charge in [-0.05, 0) is 30.2 Å². The van der Waals surface area contributed by atoms with Crippen LogP contribution in [0, 0.1) is 0 Å². The van der Waals surface area contributed by atoms with Crippen LogP contribution < -0.4 is 16.0 Å². The highest BCUT2D eigenvalue weighted by Gasteiger charge is 2.21. The number of nitrogens with two attached hydrogens (primary N) is 1. The highest BCUT2D eigenvalue weighted by molar-refractivity contribution is 5.92. The molecule has 0 spiro atoms. The van der Waals surface area contributed by atoms with Crippen molar-refractivity contribution in [2.45, 2.75) is 19.8 Å². The standard InChI is InChI=1S/C20H27N7O/c1-2-16-4-6-17(7-5-16)25-19(21)22-11-8-18(28)26-12-14-27(15-13-26)20-23-9-3-10-24-20/h3-7,9-10H,2,8,11-15H2,1H3,(H3,21,22,25). The van der Waals surface area contributed by atoms with Gasteiger partial charge in [0.05, 0.1) is 6.54 Å². The minimum Gasteiger partial charge on any atom is -0.370 e. The Labute approximate surface area is 165 Å². The summed E-state index contributed by atoms with van der Waals surface area (Å²) >= 11 is 0. The molecule has 1 saturated heterocycles. The summed E-state index contributed by atoms with van der Waals surface area (Å²) in [6.07, 6.45) is 4.81. The lowest BCUT2D eigenvalue weighted by Crippen LogP contribution is -2.49. The highest BCUT2D eigenvalue weighted by atomic mass is 16.2. The minimum atomic E-state index is 0.0949. The van der Waals surface area contributed by atoms with Gasteiger partial charge in [-0.3, -0.25) is 9.79 Å². The maximum absolute atomic E-state index is 12.4. The van der Waals surface area contributed by atoms with Gasteiger partial charge in [-0.15, -0.1) is 0 Å². The minimum absolute atomic E-state index is 0.0949. The number of nitrogens with zero attached hydrogens (tertiary/aromatic N) is 5. The largest absolute Gasteiger partial charge is 0.370 e. The molecule has 2 heterocycles. The molecule has 8 nitrogen and oxygen atoms in total. The molecular formula is C20H27N7O. The number of benzene rings is 1. The van der Waals surface area contributed by atoms with Gasteiger partial charge in [-0.1, -0.05) is 19.1 Å². The molecule has 3 rings (SSSR count). The number of carbonyl (C=O) groups excluding carboxylic acids is 1. The first-order chi connectivity index (χ1) is 13.7. The summed E-state index contributed by atoms with van der Waals surface area (Å²) < 4.78 is 0. The molecule has 1 aliphatic rings. The molecule has 1 aromatic carbocycles. The van der Waals surface area contributed by atoms with Crippen LogP contribution in [0.4, 0.5) is 11.6 Å². The van der Waals surface area contributed by atoms with Crippen molar-refractivity contribution in [1.29, 1.82) is 0 Å². The second-order valence-electron chi connectivity index (χ2n) is 6.61. The Bertz CT molecular complexity index is 784. The Balaban J connectivity index is 1.40. The van der Waals surface area contributed by atoms with Crippen molar-refractivity contribution in [2.75, 3.05) is 42.9 Å². The summed E-state index contributed by atoms with van der Waals surface area (Å²) in [5.74, 6) is 1.13. The number of carbonyl (C=O) groups is 1. The van der Waals surface area contributed by atoms with Gasteiger partial charge in [0.15, 0.2) is 5.96 Å². The molecule has 1 fully saturated rings. The summed E-state index contributed by atoms with van der Waals surface area (Å²) in [5, 5.41) is 3.05. The van der Waals surface area contributed by atoms with E-state index in [0.717, 1.165) is 25.2 Å². The number of amides is 1. The molecule has 148 valence electrons. The van der Waals surface area contributed by atoms with Crippen molar-refractivity contribution >= 4 is 23.5 Å². The zero-order chi connectivity index (χ0) is 19.8. The van der Waals surface area contributed by atoms with E-state index in [4.69, 9.17) is 5.73 Å². The van der Waals surface area contributed by atoms with E-state index in [1.165, 1.54) is 5.56 Å². The molecule has 28 heavy (non-hydrogen) atoms. The van der Waals surface area contributed by atoms with E-state index < -0.39 is 0 Å². The zero-order valence-electron chi connectivity index (χ0n) is 16.2. The molecule has 1 aliphatic heterocycles. The van der Waals surface area contributed by atoms with Gasteiger partial charge in [0.1, 0.15) is 0 Å². The van der Waals surface area contributed by atoms with Crippen molar-refractivity contribution in [3.63, 3.8) is 0 Å². The Kier molecular flexibility index (Phi) is 6.78. The lowest BCUT2D eigenvalue weighted by molar-refractivity contribution is -0.131. The lowest BCUT2D eigenvalue weighted by Gasteiger charge is -2.34. The van der Waals surface area contributed by atoms with Crippen LogP contribution in [0.1, 0.15) is 18.9 Å². The molecule has 0 aliphatic carbocycles. The summed E-state index contributed by atoms with van der Waals surface area (Å²) in [4.78, 5) is 29.1. The van der Waals surface area contributed by atoms with E-state index in [-0.39, 0.29) is 5.91 Å². The fourth-order valence-corrected chi connectivity index (χ4v) is 3.05. The third-order valence-corrected chi connectivity index (χ3v) is 4.71. The number of piperazine rings is 1. The molecule has 0 radical (unpaired) electrons. The summed E-state index contributed by atoms with van der Waals surface area (Å²) in [5.41, 5.74) is 8.08. The maximum atomic E-state index is 12.4. The number of rotatable bonds is 6. The topological polar surface area (TPSA) is 99.7 Å². The molecule has 0 unspecified atom stereocenters. The van der Waals surface area contributed by atoms with Crippen molar-refractivity contribution in [2.24, 2.45) is 10.7 Å². The van der Waals surface area contributed by atoms with E-state index in [9.17, 15) is 4.79 Å². The Morgan fingerprint density at radius 2 is 1.82 bits per heavy atom. The molecule has 0 atom stereocenters. The van der Waals surface area contributed by atoms with Gasteiger partial charge in [0, 0.05) is 50.7 Å². The van der Waals surface area contributed by atoms with E-state index >= 15 is 0 Å². The van der Waals surface area contributed by atoms with Gasteiger partial charge in [-0.2, -0.15) is 0 Å². The quantitative estimate of drug-likeness (QED) is 0.581. The van der Waals surface area contributed by atoms with Crippen LogP contribution in [0.15, 0.2) is 47.7 Å². The van der Waals surface area contributed by atoms with E-state index in [1.54, 1.807) is 18.5 Å². The van der Waals surface area contributed by atoms with Crippen LogP contribution in [0.3, 0.4) is 0 Å². The predicted molar refractivity (Wildman–Crippen MR) is 111 cm³/mol. The van der Waals surface area contributed by atoms with Gasteiger partial charge in [0.25, 0.3) is 0 Å². The van der Waals surface area contributed by atoms with Crippen LogP contribution in [0.2, 0.25) is 0 Å². The highest BCUT2D eigenvalue weighted by Crippen LogP contribution is 2.11. The van der Waals surface area contributed by atoms with E-state index in [0.29, 0.717) is 38.0 Å². The smallest absolute Gasteiger partial charge is 0.225 e. The molecule has 0 saturated carbocycles. The first kappa shape index (κ1) is 19.6. The Morgan fingerprint density at radius 3 is 2.46 bits per heavy atom. The average molecular weight is 381 g/mol. The van der Waals surface area contributed by atoms with Gasteiger partial charge in [-0.25, -0.2) is 9.97 Å². The first-order valence-electron chi connectivity index (χ1n) is 9.61. The number of hydrogen-bond acceptors (Lipinski definition) is 5. The summed E-state index contributed by atoms with van der Waals surface area (Å²) in [7, 11) is 0. The molecule has 1 amide bonds. The zero-order valence-corrected chi connectivity index (χ0v) is 16.2. The average Bonchev–Trinajstić information content (AvgIpc) is 2.75. The van der Waals surface area contributed by atoms with Crippen LogP contribution in [0.5, 0.6) is 0 Å². The molecule has 0 bridgehead atoms. The lowest BCUT2D eigenvalue weighted by atomic mass is 10.1. The van der Waals surface area contributed by atoms with Crippen LogP contribution in [-0.4, -0.2) is 59.5 Å². The van der Waals surface area contributed by atoms with E-state index in [2.05, 4.69) is 44.2 Å². The van der Waals surface area contributed by atoms with Crippen molar-refractivity contribution in [3.8, 4) is 0 Å². The van der Waals surface area contributed by atoms with Crippen LogP contribution in [0.25, 0.3) is 0 Å². The molecule has 2 aromatic rings. The number of nitrogens with one attached hydrogen (secondary N) is 1. The number of aliphatic imine (C=N–C) groups is 1. The number of anilines is 2. The Morgan fingerprint density at radius 1 is 1.14 bits per heavy atom. The number of guanidine groups is 1. The Hall–Kier alpha value is -3.16. The fraction of sp³-hybridized carbons (Fsp3) is 0.400. The van der Waals surface area contributed by atoms with E-state index in [1.807, 2.05) is 17.0 Å². The van der Waals surface area contributed by atoms with Gasteiger partial charge in [0.2, 0.25) is 11.9 Å². The second kappa shape index (κ2) is 9.68. The van der Waals surface area contributed by atoms with Crippen molar-refractivity contribution < 1.29 is 4.79 Å². The normalized spacial score (nSPS) is 14.8. The van der Waals surface area contributed by atoms with Crippen molar-refractivity contribution in [3.05, 3.63) is 48.3 Å². The molecule has 8 heteroatoms. The maximum Gasteiger partial charge on any atom is 0.225 e. The third kappa shape index (κ3) is 5.42. The van der Waals surface area contributed by atoms with Gasteiger partial charge < -0.3 is 20.9 Å². The number of aryl methyl sites for hydroxylation is 1. The first-order valence-corrected chi connectivity index (χ1v) is 9.61. The second-order valence-corrected chi connectivity index (χ2v) is 6.61. The molecular weight excluding hydrogens is 354 g/mol. The third-order valence-electron chi connectivity index (χ3n) is 4.71. The molecule has 1 aromatic heterocycles. The summed E-state index contributed by atoms with van der Waals surface area (Å²) in [6, 6.07) is 9.85. The van der Waals surface area contributed by atoms with Crippen LogP contribution in [-0.2, 0) is 11.2 Å². The predicted octanol–water partition coefficient (Wildman–Crippen LogP) is 1.50. The number of hydrogen-bond donors (Lipinski definition) is 2.